The molecular weight excluding hydrogens is 258 g/mol. The van der Waals surface area contributed by atoms with Crippen molar-refractivity contribution >= 4 is 11.7 Å². The molecule has 20 heavy (non-hydrogen) atoms. The monoisotopic (exact) mass is 281 g/mol. The van der Waals surface area contributed by atoms with Crippen LogP contribution in [0.2, 0.25) is 0 Å². The van der Waals surface area contributed by atoms with Gasteiger partial charge in [-0.2, -0.15) is 0 Å². The zero-order valence-corrected chi connectivity index (χ0v) is 12.0. The smallest absolute Gasteiger partial charge is 0.277 e. The first-order chi connectivity index (χ1) is 9.68. The van der Waals surface area contributed by atoms with E-state index in [1.54, 1.807) is 0 Å². The van der Waals surface area contributed by atoms with Crippen molar-refractivity contribution in [3.05, 3.63) is 5.69 Å². The molecule has 1 aromatic heterocycles. The molecule has 3 N–H and O–H groups in total. The van der Waals surface area contributed by atoms with Crippen molar-refractivity contribution in [2.24, 2.45) is 0 Å². The molecule has 0 aliphatic heterocycles. The summed E-state index contributed by atoms with van der Waals surface area (Å²) in [5.74, 6) is -0.300. The molecule has 1 heterocycles. The maximum absolute atomic E-state index is 11.7. The third kappa shape index (κ3) is 3.93. The molecule has 7 heteroatoms. The minimum Gasteiger partial charge on any atom is -0.379 e. The van der Waals surface area contributed by atoms with Gasteiger partial charge >= 0.3 is 0 Å². The van der Waals surface area contributed by atoms with Crippen LogP contribution >= 0.6 is 0 Å². The summed E-state index contributed by atoms with van der Waals surface area (Å²) in [6.07, 6.45) is 7.54. The van der Waals surface area contributed by atoms with Gasteiger partial charge in [-0.3, -0.25) is 4.79 Å². The third-order valence-electron chi connectivity index (χ3n) is 3.90. The normalized spacial score (nSPS) is 16.5. The van der Waals surface area contributed by atoms with Crippen LogP contribution in [0.1, 0.15) is 49.0 Å². The van der Waals surface area contributed by atoms with Crippen LogP contribution in [-0.2, 0) is 0 Å². The van der Waals surface area contributed by atoms with Gasteiger partial charge in [0.25, 0.3) is 5.91 Å². The van der Waals surface area contributed by atoms with Crippen LogP contribution < -0.4 is 11.1 Å². The summed E-state index contributed by atoms with van der Waals surface area (Å²) in [4.78, 5) is 14.1. The fourth-order valence-corrected chi connectivity index (χ4v) is 2.67. The molecular formula is C13H23N5O2. The summed E-state index contributed by atoms with van der Waals surface area (Å²) in [6.45, 7) is 1.58. The predicted octanol–water partition coefficient (Wildman–Crippen LogP) is 1.04. The van der Waals surface area contributed by atoms with Crippen molar-refractivity contribution in [3.8, 4) is 0 Å². The summed E-state index contributed by atoms with van der Waals surface area (Å²) < 4.78 is 4.40. The van der Waals surface area contributed by atoms with Gasteiger partial charge in [-0.05, 0) is 43.2 Å². The van der Waals surface area contributed by atoms with E-state index in [4.69, 9.17) is 5.73 Å². The SMILES string of the molecule is CN(CCCNC(=O)c1nonc1N)C1CCCCC1. The number of hydrogen-bond acceptors (Lipinski definition) is 6. The first kappa shape index (κ1) is 14.8. The standard InChI is InChI=1S/C13H23N5O2/c1-18(10-6-3-2-4-7-10)9-5-8-15-13(19)11-12(14)17-20-16-11/h10H,2-9H2,1H3,(H2,14,17)(H,15,19). The van der Waals surface area contributed by atoms with Gasteiger partial charge in [0, 0.05) is 12.6 Å². The molecule has 1 amide bonds. The van der Waals surface area contributed by atoms with Gasteiger partial charge < -0.3 is 16.0 Å². The number of nitrogens with zero attached hydrogens (tertiary/aromatic N) is 3. The van der Waals surface area contributed by atoms with Crippen molar-refractivity contribution in [2.75, 3.05) is 25.9 Å². The Morgan fingerprint density at radius 2 is 2.15 bits per heavy atom. The van der Waals surface area contributed by atoms with Crippen molar-refractivity contribution in [1.29, 1.82) is 0 Å². The molecule has 7 nitrogen and oxygen atoms in total. The van der Waals surface area contributed by atoms with Crippen LogP contribution in [0.4, 0.5) is 5.82 Å². The van der Waals surface area contributed by atoms with E-state index in [9.17, 15) is 4.79 Å². The van der Waals surface area contributed by atoms with E-state index >= 15 is 0 Å². The molecule has 1 saturated carbocycles. The maximum Gasteiger partial charge on any atom is 0.277 e. The number of nitrogens with one attached hydrogen (secondary N) is 1. The van der Waals surface area contributed by atoms with E-state index in [1.807, 2.05) is 0 Å². The number of anilines is 1. The van der Waals surface area contributed by atoms with Gasteiger partial charge in [0.2, 0.25) is 11.5 Å². The number of rotatable bonds is 6. The number of carbonyl (C=O) groups is 1. The average Bonchev–Trinajstić information content (AvgIpc) is 2.90. The lowest BCUT2D eigenvalue weighted by Gasteiger charge is -2.31. The lowest BCUT2D eigenvalue weighted by molar-refractivity contribution is 0.0941. The van der Waals surface area contributed by atoms with E-state index in [0.29, 0.717) is 12.6 Å². The van der Waals surface area contributed by atoms with Gasteiger partial charge in [0.15, 0.2) is 0 Å². The highest BCUT2D eigenvalue weighted by Gasteiger charge is 2.18. The number of hydrogen-bond donors (Lipinski definition) is 2. The van der Waals surface area contributed by atoms with Crippen LogP contribution in [0, 0.1) is 0 Å². The Kier molecular flexibility index (Phi) is 5.34. The molecule has 1 aliphatic carbocycles. The molecule has 0 aromatic carbocycles. The van der Waals surface area contributed by atoms with Gasteiger partial charge in [-0.25, -0.2) is 4.63 Å². The predicted molar refractivity (Wildman–Crippen MR) is 75.2 cm³/mol. The molecule has 0 saturated heterocycles. The number of aromatic nitrogens is 2. The highest BCUT2D eigenvalue weighted by Crippen LogP contribution is 2.21. The average molecular weight is 281 g/mol. The van der Waals surface area contributed by atoms with E-state index in [0.717, 1.165) is 13.0 Å². The summed E-state index contributed by atoms with van der Waals surface area (Å²) in [6, 6.07) is 0.704. The van der Waals surface area contributed by atoms with E-state index in [2.05, 4.69) is 32.2 Å². The van der Waals surface area contributed by atoms with Gasteiger partial charge in [0.1, 0.15) is 0 Å². The topological polar surface area (TPSA) is 97.3 Å². The second-order valence-corrected chi connectivity index (χ2v) is 5.38. The Balaban J connectivity index is 1.63. The number of amides is 1. The van der Waals surface area contributed by atoms with Crippen molar-refractivity contribution < 1.29 is 9.42 Å². The second-order valence-electron chi connectivity index (χ2n) is 5.38. The molecule has 1 fully saturated rings. The Bertz CT molecular complexity index is 428. The largest absolute Gasteiger partial charge is 0.379 e. The van der Waals surface area contributed by atoms with Gasteiger partial charge in [0.05, 0.1) is 0 Å². The van der Waals surface area contributed by atoms with Crippen molar-refractivity contribution in [1.82, 2.24) is 20.5 Å². The number of nitrogens with two attached hydrogens (primary N) is 1. The number of nitrogen functional groups attached to an aromatic ring is 1. The molecule has 1 aromatic rings. The molecule has 1 aliphatic rings. The quantitative estimate of drug-likeness (QED) is 0.756. The van der Waals surface area contributed by atoms with Crippen molar-refractivity contribution in [2.45, 2.75) is 44.6 Å². The van der Waals surface area contributed by atoms with E-state index in [-0.39, 0.29) is 17.4 Å². The Morgan fingerprint density at radius 3 is 2.80 bits per heavy atom. The third-order valence-corrected chi connectivity index (χ3v) is 3.90. The molecule has 2 rings (SSSR count). The minimum absolute atomic E-state index is 0.0295. The molecule has 0 unspecified atom stereocenters. The van der Waals surface area contributed by atoms with Gasteiger partial charge in [-0.15, -0.1) is 0 Å². The first-order valence-corrected chi connectivity index (χ1v) is 7.25. The summed E-state index contributed by atoms with van der Waals surface area (Å²) >= 11 is 0. The summed E-state index contributed by atoms with van der Waals surface area (Å²) in [5.41, 5.74) is 5.52. The Morgan fingerprint density at radius 1 is 1.40 bits per heavy atom. The van der Waals surface area contributed by atoms with Crippen LogP contribution in [0.5, 0.6) is 0 Å². The lowest BCUT2D eigenvalue weighted by atomic mass is 9.94. The first-order valence-electron chi connectivity index (χ1n) is 7.25. The zero-order valence-electron chi connectivity index (χ0n) is 12.0. The van der Waals surface area contributed by atoms with E-state index < -0.39 is 0 Å². The fourth-order valence-electron chi connectivity index (χ4n) is 2.67. The molecule has 0 radical (unpaired) electrons. The highest BCUT2D eigenvalue weighted by atomic mass is 16.6. The van der Waals surface area contributed by atoms with E-state index in [1.165, 1.54) is 32.1 Å². The lowest BCUT2D eigenvalue weighted by Crippen LogP contribution is -2.36. The van der Waals surface area contributed by atoms with Crippen LogP contribution in [0.25, 0.3) is 0 Å². The molecule has 0 bridgehead atoms. The molecule has 0 atom stereocenters. The summed E-state index contributed by atoms with van der Waals surface area (Å²) in [7, 11) is 2.16. The van der Waals surface area contributed by atoms with Crippen LogP contribution in [0.15, 0.2) is 4.63 Å². The number of carbonyl (C=O) groups excluding carboxylic acids is 1. The van der Waals surface area contributed by atoms with Gasteiger partial charge in [-0.1, -0.05) is 19.3 Å². The molecule has 0 spiro atoms. The fraction of sp³-hybridized carbons (Fsp3) is 0.769. The zero-order chi connectivity index (χ0) is 14.4. The second kappa shape index (κ2) is 7.23. The molecule has 112 valence electrons. The highest BCUT2D eigenvalue weighted by molar-refractivity contribution is 5.95. The maximum atomic E-state index is 11.7. The Hall–Kier alpha value is -1.63. The minimum atomic E-state index is -0.330. The summed E-state index contributed by atoms with van der Waals surface area (Å²) in [5, 5.41) is 9.62. The van der Waals surface area contributed by atoms with Crippen LogP contribution in [0.3, 0.4) is 0 Å². The Labute approximate surface area is 118 Å². The van der Waals surface area contributed by atoms with Crippen molar-refractivity contribution in [3.63, 3.8) is 0 Å². The van der Waals surface area contributed by atoms with Crippen LogP contribution in [-0.4, -0.2) is 47.3 Å².